The van der Waals surface area contributed by atoms with Crippen LogP contribution in [0.2, 0.25) is 0 Å². The monoisotopic (exact) mass is 391 g/mol. The van der Waals surface area contributed by atoms with Crippen LogP contribution in [-0.4, -0.2) is 15.3 Å². The van der Waals surface area contributed by atoms with Crippen LogP contribution in [0.25, 0.3) is 41.9 Å². The summed E-state index contributed by atoms with van der Waals surface area (Å²) >= 11 is 2.76. The summed E-state index contributed by atoms with van der Waals surface area (Å²) < 4.78 is 15.0. The van der Waals surface area contributed by atoms with Crippen molar-refractivity contribution in [1.29, 1.82) is 5.26 Å². The highest BCUT2D eigenvalue weighted by molar-refractivity contribution is 7.24. The van der Waals surface area contributed by atoms with E-state index in [1.165, 1.54) is 22.7 Å². The Morgan fingerprint density at radius 3 is 2.89 bits per heavy atom. The van der Waals surface area contributed by atoms with Gasteiger partial charge in [0.25, 0.3) is 0 Å². The van der Waals surface area contributed by atoms with E-state index in [-0.39, 0.29) is 5.75 Å². The zero-order valence-electron chi connectivity index (χ0n) is 13.7. The molecule has 0 spiro atoms. The standard InChI is InChI=1S/C20H10FN3OS2/c21-15-7-13(25)6-14-17(18-11(8-22)3-4-26-18)19(27-20(14)15)10-1-2-16-12(5-10)9-23-24-16/h1-7,9,25H,(H,23,24). The molecule has 5 aromatic rings. The molecule has 0 bridgehead atoms. The predicted molar refractivity (Wildman–Crippen MR) is 107 cm³/mol. The number of rotatable bonds is 2. The molecule has 5 rings (SSSR count). The van der Waals surface area contributed by atoms with Crippen molar-refractivity contribution in [1.82, 2.24) is 10.2 Å². The van der Waals surface area contributed by atoms with Gasteiger partial charge >= 0.3 is 0 Å². The summed E-state index contributed by atoms with van der Waals surface area (Å²) in [4.78, 5) is 1.63. The highest BCUT2D eigenvalue weighted by atomic mass is 32.1. The van der Waals surface area contributed by atoms with Gasteiger partial charge in [-0.25, -0.2) is 4.39 Å². The average Bonchev–Trinajstić information content (AvgIpc) is 3.37. The summed E-state index contributed by atoms with van der Waals surface area (Å²) in [6.45, 7) is 0. The highest BCUT2D eigenvalue weighted by Gasteiger charge is 2.22. The fourth-order valence-electron chi connectivity index (χ4n) is 3.25. The van der Waals surface area contributed by atoms with E-state index in [2.05, 4.69) is 16.3 Å². The molecule has 4 nitrogen and oxygen atoms in total. The second kappa shape index (κ2) is 5.91. The van der Waals surface area contributed by atoms with E-state index >= 15 is 0 Å². The Balaban J connectivity index is 1.90. The Bertz CT molecular complexity index is 1370. The predicted octanol–water partition coefficient (Wildman–Crippen LogP) is 5.89. The molecule has 0 aliphatic carbocycles. The number of aromatic amines is 1. The minimum atomic E-state index is -0.470. The molecule has 0 atom stereocenters. The maximum Gasteiger partial charge on any atom is 0.144 e. The summed E-state index contributed by atoms with van der Waals surface area (Å²) in [6, 6.07) is 12.5. The van der Waals surface area contributed by atoms with Gasteiger partial charge < -0.3 is 5.11 Å². The number of nitriles is 1. The number of fused-ring (bicyclic) bond motifs is 2. The molecule has 0 saturated carbocycles. The van der Waals surface area contributed by atoms with Crippen LogP contribution in [0.5, 0.6) is 5.75 Å². The lowest BCUT2D eigenvalue weighted by atomic mass is 10.0. The molecule has 7 heteroatoms. The van der Waals surface area contributed by atoms with Gasteiger partial charge in [0.05, 0.1) is 26.9 Å². The Kier molecular flexibility index (Phi) is 3.50. The number of aromatic nitrogens is 2. The fraction of sp³-hybridized carbons (Fsp3) is 0. The minimum Gasteiger partial charge on any atom is -0.508 e. The Morgan fingerprint density at radius 1 is 1.15 bits per heavy atom. The van der Waals surface area contributed by atoms with E-state index in [9.17, 15) is 14.8 Å². The van der Waals surface area contributed by atoms with Crippen molar-refractivity contribution in [2.75, 3.05) is 0 Å². The molecule has 0 aliphatic heterocycles. The quantitative estimate of drug-likeness (QED) is 0.394. The average molecular weight is 391 g/mol. The van der Waals surface area contributed by atoms with Crippen LogP contribution in [0.15, 0.2) is 48.0 Å². The van der Waals surface area contributed by atoms with Gasteiger partial charge in [0.1, 0.15) is 17.6 Å². The number of phenolic OH excluding ortho intramolecular Hbond substituents is 1. The molecule has 2 N–H and O–H groups in total. The van der Waals surface area contributed by atoms with Crippen LogP contribution in [0.4, 0.5) is 4.39 Å². The third kappa shape index (κ3) is 2.42. The molecule has 130 valence electrons. The van der Waals surface area contributed by atoms with Crippen molar-refractivity contribution in [3.8, 4) is 32.7 Å². The molecule has 3 aromatic heterocycles. The van der Waals surface area contributed by atoms with Crippen LogP contribution in [0.1, 0.15) is 5.56 Å². The van der Waals surface area contributed by atoms with E-state index in [0.29, 0.717) is 15.6 Å². The normalized spacial score (nSPS) is 11.3. The lowest BCUT2D eigenvalue weighted by Gasteiger charge is -2.05. The minimum absolute atomic E-state index is 0.133. The summed E-state index contributed by atoms with van der Waals surface area (Å²) in [5.41, 5.74) is 3.14. The van der Waals surface area contributed by atoms with Gasteiger partial charge in [-0.05, 0) is 35.2 Å². The summed E-state index contributed by atoms with van der Waals surface area (Å²) in [6.07, 6.45) is 1.74. The first-order valence-corrected chi connectivity index (χ1v) is 9.72. The number of H-pyrrole nitrogens is 1. The summed E-state index contributed by atoms with van der Waals surface area (Å²) in [5, 5.41) is 29.8. The van der Waals surface area contributed by atoms with Crippen LogP contribution in [-0.2, 0) is 0 Å². The molecule has 0 amide bonds. The molecule has 0 fully saturated rings. The summed E-state index contributed by atoms with van der Waals surface area (Å²) in [5.74, 6) is -0.604. The van der Waals surface area contributed by atoms with Crippen molar-refractivity contribution in [2.24, 2.45) is 0 Å². The van der Waals surface area contributed by atoms with Crippen molar-refractivity contribution < 1.29 is 9.50 Å². The molecule has 0 radical (unpaired) electrons. The molecule has 2 aromatic carbocycles. The van der Waals surface area contributed by atoms with Gasteiger partial charge in [0, 0.05) is 27.3 Å². The fourth-order valence-corrected chi connectivity index (χ4v) is 5.41. The Morgan fingerprint density at radius 2 is 2.04 bits per heavy atom. The molecular formula is C20H10FN3OS2. The van der Waals surface area contributed by atoms with E-state index in [1.54, 1.807) is 18.3 Å². The smallest absolute Gasteiger partial charge is 0.144 e. The Hall–Kier alpha value is -3.21. The lowest BCUT2D eigenvalue weighted by Crippen LogP contribution is -1.82. The first-order valence-electron chi connectivity index (χ1n) is 8.02. The van der Waals surface area contributed by atoms with Gasteiger partial charge in [0.2, 0.25) is 0 Å². The van der Waals surface area contributed by atoms with Crippen molar-refractivity contribution in [3.63, 3.8) is 0 Å². The maximum atomic E-state index is 14.6. The van der Waals surface area contributed by atoms with Gasteiger partial charge in [0.15, 0.2) is 0 Å². The van der Waals surface area contributed by atoms with Crippen LogP contribution >= 0.6 is 22.7 Å². The van der Waals surface area contributed by atoms with Gasteiger partial charge in [-0.1, -0.05) is 6.07 Å². The van der Waals surface area contributed by atoms with E-state index < -0.39 is 5.82 Å². The number of thiophene rings is 2. The molecule has 0 aliphatic rings. The second-order valence-electron chi connectivity index (χ2n) is 6.06. The molecule has 3 heterocycles. The number of aromatic hydroxyl groups is 1. The second-order valence-corrected chi connectivity index (χ2v) is 7.99. The SMILES string of the molecule is N#Cc1ccsc1-c1c(-c2ccc3[nH]ncc3c2)sc2c(F)cc(O)cc12. The third-order valence-corrected chi connectivity index (χ3v) is 6.64. The van der Waals surface area contributed by atoms with Crippen molar-refractivity contribution in [2.45, 2.75) is 0 Å². The number of nitrogens with one attached hydrogen (secondary N) is 1. The number of benzene rings is 2. The molecule has 27 heavy (non-hydrogen) atoms. The van der Waals surface area contributed by atoms with E-state index in [1.807, 2.05) is 23.6 Å². The number of hydrogen-bond donors (Lipinski definition) is 2. The highest BCUT2D eigenvalue weighted by Crippen LogP contribution is 2.49. The summed E-state index contributed by atoms with van der Waals surface area (Å²) in [7, 11) is 0. The zero-order valence-corrected chi connectivity index (χ0v) is 15.3. The number of phenols is 1. The molecular weight excluding hydrogens is 381 g/mol. The Labute approximate surface area is 160 Å². The third-order valence-electron chi connectivity index (χ3n) is 4.44. The van der Waals surface area contributed by atoms with Crippen LogP contribution < -0.4 is 0 Å². The van der Waals surface area contributed by atoms with Crippen LogP contribution in [0.3, 0.4) is 0 Å². The number of hydrogen-bond acceptors (Lipinski definition) is 5. The topological polar surface area (TPSA) is 72.7 Å². The van der Waals surface area contributed by atoms with Gasteiger partial charge in [-0.15, -0.1) is 22.7 Å². The molecule has 0 saturated heterocycles. The van der Waals surface area contributed by atoms with Crippen molar-refractivity contribution >= 4 is 43.7 Å². The van der Waals surface area contributed by atoms with E-state index in [4.69, 9.17) is 0 Å². The number of halogens is 1. The van der Waals surface area contributed by atoms with Crippen molar-refractivity contribution in [3.05, 3.63) is 59.4 Å². The number of nitrogens with zero attached hydrogens (tertiary/aromatic N) is 2. The van der Waals surface area contributed by atoms with Gasteiger partial charge in [-0.3, -0.25) is 5.10 Å². The van der Waals surface area contributed by atoms with E-state index in [0.717, 1.165) is 37.9 Å². The zero-order chi connectivity index (χ0) is 18.5. The maximum absolute atomic E-state index is 14.6. The molecule has 0 unspecified atom stereocenters. The lowest BCUT2D eigenvalue weighted by molar-refractivity contribution is 0.471. The van der Waals surface area contributed by atoms with Crippen LogP contribution in [0, 0.1) is 17.1 Å². The first kappa shape index (κ1) is 16.0. The first-order chi connectivity index (χ1) is 13.2. The van der Waals surface area contributed by atoms with Gasteiger partial charge in [-0.2, -0.15) is 10.4 Å². The largest absolute Gasteiger partial charge is 0.508 e.